The van der Waals surface area contributed by atoms with Gasteiger partial charge in [-0.2, -0.15) is 0 Å². The topological polar surface area (TPSA) is 48.5 Å². The van der Waals surface area contributed by atoms with E-state index in [4.69, 9.17) is 0 Å². The van der Waals surface area contributed by atoms with Crippen LogP contribution in [0.4, 0.5) is 0 Å². The van der Waals surface area contributed by atoms with E-state index in [9.17, 15) is 4.79 Å². The summed E-state index contributed by atoms with van der Waals surface area (Å²) in [5, 5.41) is 3.05. The number of nitrogens with zero attached hydrogens (tertiary/aromatic N) is 3. The van der Waals surface area contributed by atoms with Gasteiger partial charge < -0.3 is 5.32 Å². The van der Waals surface area contributed by atoms with Gasteiger partial charge in [-0.05, 0) is 55.2 Å². The molecule has 31 heavy (non-hydrogen) atoms. The number of carbonyl (C=O) groups excluding carboxylic acids is 1. The first-order valence-corrected chi connectivity index (χ1v) is 11.9. The Morgan fingerprint density at radius 1 is 1.03 bits per heavy atom. The van der Waals surface area contributed by atoms with Gasteiger partial charge in [0, 0.05) is 37.9 Å². The minimum Gasteiger partial charge on any atom is -0.349 e. The molecular formula is C26H34N4O. The Hall–Kier alpha value is -2.24. The molecule has 3 aliphatic rings. The third-order valence-electron chi connectivity index (χ3n) is 7.46. The van der Waals surface area contributed by atoms with Crippen LogP contribution in [0.25, 0.3) is 0 Å². The number of nitrogens with one attached hydrogen (secondary N) is 1. The third-order valence-corrected chi connectivity index (χ3v) is 7.46. The van der Waals surface area contributed by atoms with Crippen LogP contribution in [0, 0.1) is 11.8 Å². The first-order valence-electron chi connectivity index (χ1n) is 11.9. The van der Waals surface area contributed by atoms with Crippen LogP contribution in [-0.2, 0) is 17.8 Å². The lowest BCUT2D eigenvalue weighted by molar-refractivity contribution is -0.124. The van der Waals surface area contributed by atoms with Gasteiger partial charge in [0.05, 0.1) is 18.8 Å². The van der Waals surface area contributed by atoms with E-state index >= 15 is 0 Å². The van der Waals surface area contributed by atoms with Crippen molar-refractivity contribution >= 4 is 5.91 Å². The van der Waals surface area contributed by atoms with Gasteiger partial charge in [0.1, 0.15) is 0 Å². The molecule has 4 atom stereocenters. The van der Waals surface area contributed by atoms with Gasteiger partial charge in [-0.3, -0.25) is 19.6 Å². The van der Waals surface area contributed by atoms with Gasteiger partial charge >= 0.3 is 0 Å². The van der Waals surface area contributed by atoms with Crippen molar-refractivity contribution in [2.75, 3.05) is 26.2 Å². The van der Waals surface area contributed by atoms with Gasteiger partial charge in [-0.15, -0.1) is 0 Å². The Labute approximate surface area is 185 Å². The molecule has 0 radical (unpaired) electrons. The molecule has 4 heterocycles. The fraction of sp³-hybridized carbons (Fsp3) is 0.538. The number of amides is 1. The van der Waals surface area contributed by atoms with Gasteiger partial charge in [-0.25, -0.2) is 0 Å². The normalized spacial score (nSPS) is 28.6. The minimum atomic E-state index is 0.119. The van der Waals surface area contributed by atoms with Crippen LogP contribution in [0.2, 0.25) is 0 Å². The van der Waals surface area contributed by atoms with Gasteiger partial charge in [0.2, 0.25) is 5.91 Å². The Bertz CT molecular complexity index is 858. The maximum atomic E-state index is 12.6. The summed E-state index contributed by atoms with van der Waals surface area (Å²) in [6.07, 6.45) is 8.27. The molecule has 0 aliphatic carbocycles. The predicted molar refractivity (Wildman–Crippen MR) is 122 cm³/mol. The zero-order valence-corrected chi connectivity index (χ0v) is 18.3. The van der Waals surface area contributed by atoms with Crippen LogP contribution < -0.4 is 5.32 Å². The van der Waals surface area contributed by atoms with Crippen molar-refractivity contribution in [3.8, 4) is 0 Å². The molecular weight excluding hydrogens is 384 g/mol. The van der Waals surface area contributed by atoms with Crippen molar-refractivity contribution in [1.82, 2.24) is 20.1 Å². The molecule has 1 aromatic heterocycles. The average Bonchev–Trinajstić information content (AvgIpc) is 2.80. The molecule has 2 aromatic rings. The number of aromatic nitrogens is 1. The summed E-state index contributed by atoms with van der Waals surface area (Å²) in [6.45, 7) is 4.34. The van der Waals surface area contributed by atoms with E-state index in [0.29, 0.717) is 37.0 Å². The lowest BCUT2D eigenvalue weighted by Gasteiger charge is -2.55. The molecule has 3 saturated heterocycles. The van der Waals surface area contributed by atoms with E-state index < -0.39 is 0 Å². The lowest BCUT2D eigenvalue weighted by atomic mass is 9.74. The highest BCUT2D eigenvalue weighted by Crippen LogP contribution is 2.40. The van der Waals surface area contributed by atoms with E-state index in [2.05, 4.69) is 50.4 Å². The van der Waals surface area contributed by atoms with Gasteiger partial charge in [-0.1, -0.05) is 42.8 Å². The number of carbonyl (C=O) groups is 1. The zero-order chi connectivity index (χ0) is 21.0. The van der Waals surface area contributed by atoms with Crippen molar-refractivity contribution in [3.63, 3.8) is 0 Å². The third kappa shape index (κ3) is 4.99. The fourth-order valence-corrected chi connectivity index (χ4v) is 6.20. The van der Waals surface area contributed by atoms with Crippen molar-refractivity contribution in [2.24, 2.45) is 11.8 Å². The van der Waals surface area contributed by atoms with Crippen molar-refractivity contribution < 1.29 is 4.79 Å². The van der Waals surface area contributed by atoms with Crippen LogP contribution in [0.3, 0.4) is 0 Å². The van der Waals surface area contributed by atoms with Gasteiger partial charge in [0.25, 0.3) is 0 Å². The highest BCUT2D eigenvalue weighted by molar-refractivity contribution is 5.78. The number of pyridine rings is 1. The fourth-order valence-electron chi connectivity index (χ4n) is 6.20. The summed E-state index contributed by atoms with van der Waals surface area (Å²) in [7, 11) is 0. The summed E-state index contributed by atoms with van der Waals surface area (Å²) in [6, 6.07) is 18.2. The number of piperidine rings is 3. The van der Waals surface area contributed by atoms with Crippen LogP contribution in [0.1, 0.15) is 36.9 Å². The number of likely N-dealkylation sites (tertiary alicyclic amines) is 1. The van der Waals surface area contributed by atoms with Crippen LogP contribution in [0.15, 0.2) is 54.7 Å². The molecule has 1 amide bonds. The molecule has 1 aromatic carbocycles. The molecule has 5 nitrogen and oxygen atoms in total. The first kappa shape index (κ1) is 20.7. The quantitative estimate of drug-likeness (QED) is 0.783. The number of hydrogen-bond donors (Lipinski definition) is 1. The highest BCUT2D eigenvalue weighted by Gasteiger charge is 2.44. The van der Waals surface area contributed by atoms with Gasteiger partial charge in [0.15, 0.2) is 0 Å². The summed E-state index contributed by atoms with van der Waals surface area (Å²) < 4.78 is 0. The molecule has 1 N–H and O–H groups in total. The minimum absolute atomic E-state index is 0.119. The van der Waals surface area contributed by atoms with Crippen molar-refractivity contribution in [1.29, 1.82) is 0 Å². The molecule has 3 fully saturated rings. The lowest BCUT2D eigenvalue weighted by Crippen LogP contribution is -2.62. The van der Waals surface area contributed by atoms with Crippen LogP contribution in [-0.4, -0.2) is 59.0 Å². The van der Waals surface area contributed by atoms with Crippen molar-refractivity contribution in [3.05, 3.63) is 66.0 Å². The number of hydrogen-bond acceptors (Lipinski definition) is 4. The number of rotatable bonds is 6. The number of fused-ring (bicyclic) bond motifs is 4. The maximum Gasteiger partial charge on any atom is 0.234 e. The van der Waals surface area contributed by atoms with E-state index in [-0.39, 0.29) is 5.91 Å². The van der Waals surface area contributed by atoms with E-state index in [1.807, 2.05) is 18.2 Å². The smallest absolute Gasteiger partial charge is 0.234 e. The van der Waals surface area contributed by atoms with E-state index in [1.54, 1.807) is 6.20 Å². The molecule has 5 rings (SSSR count). The average molecular weight is 419 g/mol. The molecule has 0 saturated carbocycles. The SMILES string of the molecule is O=C(CN1C[C@@H]2C[C@H](C1)[C@@H]1CCC[C@H](Cc3ccccc3)N1C2)NCc1ccccn1. The van der Waals surface area contributed by atoms with Crippen LogP contribution >= 0.6 is 0 Å². The summed E-state index contributed by atoms with van der Waals surface area (Å²) in [4.78, 5) is 22.1. The Kier molecular flexibility index (Phi) is 6.32. The second-order valence-electron chi connectivity index (χ2n) is 9.69. The maximum absolute atomic E-state index is 12.6. The second kappa shape index (κ2) is 9.49. The largest absolute Gasteiger partial charge is 0.349 e. The molecule has 5 heteroatoms. The summed E-state index contributed by atoms with van der Waals surface area (Å²) >= 11 is 0. The monoisotopic (exact) mass is 418 g/mol. The van der Waals surface area contributed by atoms with Crippen molar-refractivity contribution in [2.45, 2.75) is 50.7 Å². The molecule has 0 spiro atoms. The highest BCUT2D eigenvalue weighted by atomic mass is 16.2. The molecule has 164 valence electrons. The zero-order valence-electron chi connectivity index (χ0n) is 18.3. The molecule has 3 aliphatic heterocycles. The summed E-state index contributed by atoms with van der Waals surface area (Å²) in [5.74, 6) is 1.51. The standard InChI is InChI=1S/C26H34N4O/c31-26(28-15-23-9-4-5-12-27-23)19-29-16-21-13-22(18-29)25-11-6-10-24(30(25)17-21)14-20-7-2-1-3-8-20/h1-5,7-9,12,21-22,24-25H,6,10-11,13-19H2,(H,28,31)/t21-,22+,24+,25-/m0/s1. The predicted octanol–water partition coefficient (Wildman–Crippen LogP) is 3.12. The van der Waals surface area contributed by atoms with Crippen LogP contribution in [0.5, 0.6) is 0 Å². The molecule has 0 unspecified atom stereocenters. The van der Waals surface area contributed by atoms with E-state index in [1.165, 1.54) is 44.2 Å². The van der Waals surface area contributed by atoms with E-state index in [0.717, 1.165) is 18.8 Å². The first-order chi connectivity index (χ1) is 15.2. The Morgan fingerprint density at radius 2 is 1.90 bits per heavy atom. The number of benzene rings is 1. The Balaban J connectivity index is 1.17. The Morgan fingerprint density at radius 3 is 2.74 bits per heavy atom. The second-order valence-corrected chi connectivity index (χ2v) is 9.69. The molecule has 2 bridgehead atoms. The summed E-state index contributed by atoms with van der Waals surface area (Å²) in [5.41, 5.74) is 2.38.